The molecule has 2 N–H and O–H groups in total. The van der Waals surface area contributed by atoms with E-state index in [0.717, 1.165) is 5.56 Å². The molecule has 1 amide bonds. The van der Waals surface area contributed by atoms with Crippen molar-refractivity contribution < 1.29 is 19.2 Å². The fraction of sp³-hybridized carbons (Fsp3) is 0.267. The molecule has 2 rings (SSSR count). The number of halogens is 1. The molecule has 1 atom stereocenters. The van der Waals surface area contributed by atoms with Crippen LogP contribution in [0.3, 0.4) is 0 Å². The van der Waals surface area contributed by atoms with Gasteiger partial charge in [-0.15, -0.1) is 0 Å². The second-order valence-electron chi connectivity index (χ2n) is 4.76. The van der Waals surface area contributed by atoms with Crippen molar-refractivity contribution in [3.8, 4) is 0 Å². The Labute approximate surface area is 132 Å². The van der Waals surface area contributed by atoms with Gasteiger partial charge in [-0.1, -0.05) is 47.1 Å². The van der Waals surface area contributed by atoms with Gasteiger partial charge in [0.1, 0.15) is 11.8 Å². The lowest BCUT2D eigenvalue weighted by molar-refractivity contribution is -0.141. The Morgan fingerprint density at radius 2 is 2.05 bits per heavy atom. The first-order chi connectivity index (χ1) is 10.5. The van der Waals surface area contributed by atoms with Gasteiger partial charge in [-0.05, 0) is 5.56 Å². The topological polar surface area (TPSA) is 92.4 Å². The van der Waals surface area contributed by atoms with E-state index in [1.807, 2.05) is 30.3 Å². The van der Waals surface area contributed by atoms with Crippen molar-refractivity contribution in [2.75, 3.05) is 0 Å². The van der Waals surface area contributed by atoms with E-state index in [2.05, 4.69) is 10.5 Å². The molecular formula is C15H15ClN2O4. The highest BCUT2D eigenvalue weighted by Crippen LogP contribution is 2.11. The van der Waals surface area contributed by atoms with Gasteiger partial charge < -0.3 is 14.9 Å². The molecule has 0 spiro atoms. The lowest BCUT2D eigenvalue weighted by Gasteiger charge is -2.14. The van der Waals surface area contributed by atoms with E-state index >= 15 is 0 Å². The molecular weight excluding hydrogens is 308 g/mol. The number of benzene rings is 1. The number of amides is 1. The third-order valence-electron chi connectivity index (χ3n) is 3.04. The minimum atomic E-state index is -1.07. The Kier molecular flexibility index (Phi) is 5.55. The number of nitrogens with one attached hydrogen (secondary N) is 1. The van der Waals surface area contributed by atoms with Gasteiger partial charge in [-0.25, -0.2) is 4.79 Å². The number of nitrogens with zero attached hydrogens (tertiary/aromatic N) is 1. The van der Waals surface area contributed by atoms with Gasteiger partial charge in [-0.2, -0.15) is 0 Å². The molecule has 0 bridgehead atoms. The molecule has 0 aliphatic carbocycles. The molecule has 0 fully saturated rings. The van der Waals surface area contributed by atoms with E-state index in [1.54, 1.807) is 0 Å². The molecule has 116 valence electrons. The number of carbonyl (C=O) groups excluding carboxylic acids is 1. The fourth-order valence-corrected chi connectivity index (χ4v) is 2.11. The summed E-state index contributed by atoms with van der Waals surface area (Å²) in [6.07, 6.45) is 0.642. The Hall–Kier alpha value is -2.34. The highest BCUT2D eigenvalue weighted by Gasteiger charge is 2.20. The molecule has 6 nitrogen and oxygen atoms in total. The summed E-state index contributed by atoms with van der Waals surface area (Å²) in [5, 5.41) is 15.4. The number of aryl methyl sites for hydroxylation is 1. The Morgan fingerprint density at radius 3 is 2.64 bits per heavy atom. The van der Waals surface area contributed by atoms with Crippen molar-refractivity contribution in [1.29, 1.82) is 0 Å². The van der Waals surface area contributed by atoms with Crippen LogP contribution in [0.1, 0.15) is 17.7 Å². The summed E-state index contributed by atoms with van der Waals surface area (Å²) in [5.41, 5.74) is 0.845. The lowest BCUT2D eigenvalue weighted by atomic mass is 10.1. The number of hydrogen-bond donors (Lipinski definition) is 2. The Balaban J connectivity index is 1.87. The maximum absolute atomic E-state index is 11.9. The lowest BCUT2D eigenvalue weighted by Crippen LogP contribution is -2.42. The number of aliphatic carboxylic acids is 1. The van der Waals surface area contributed by atoms with Crippen molar-refractivity contribution in [1.82, 2.24) is 10.5 Å². The molecule has 0 aliphatic heterocycles. The van der Waals surface area contributed by atoms with Gasteiger partial charge >= 0.3 is 5.97 Å². The van der Waals surface area contributed by atoms with E-state index in [1.165, 1.54) is 6.07 Å². The number of rotatable bonds is 7. The maximum Gasteiger partial charge on any atom is 0.326 e. The van der Waals surface area contributed by atoms with Crippen LogP contribution in [0.25, 0.3) is 0 Å². The molecule has 0 saturated heterocycles. The zero-order valence-electron chi connectivity index (χ0n) is 11.7. The number of hydrogen-bond acceptors (Lipinski definition) is 4. The molecule has 2 aromatic rings. The molecule has 1 aromatic heterocycles. The summed E-state index contributed by atoms with van der Waals surface area (Å²) >= 11 is 5.61. The summed E-state index contributed by atoms with van der Waals surface area (Å²) in [6, 6.07) is 9.69. The van der Waals surface area contributed by atoms with Crippen molar-refractivity contribution in [3.05, 3.63) is 52.9 Å². The number of aromatic nitrogens is 1. The summed E-state index contributed by atoms with van der Waals surface area (Å²) in [4.78, 5) is 23.1. The monoisotopic (exact) mass is 322 g/mol. The third kappa shape index (κ3) is 4.89. The first kappa shape index (κ1) is 16.0. The highest BCUT2D eigenvalue weighted by atomic mass is 35.5. The summed E-state index contributed by atoms with van der Waals surface area (Å²) in [6.45, 7) is 0. The average Bonchev–Trinajstić information content (AvgIpc) is 2.91. The number of carbonyl (C=O) groups is 2. The predicted octanol–water partition coefficient (Wildman–Crippen LogP) is 2.07. The molecule has 1 heterocycles. The van der Waals surface area contributed by atoms with Crippen LogP contribution in [0, 0.1) is 0 Å². The number of carboxylic acid groups (broad SMARTS) is 1. The van der Waals surface area contributed by atoms with Crippen molar-refractivity contribution in [2.45, 2.75) is 25.3 Å². The van der Waals surface area contributed by atoms with Crippen molar-refractivity contribution in [3.63, 3.8) is 0 Å². The van der Waals surface area contributed by atoms with Crippen LogP contribution in [-0.2, 0) is 22.4 Å². The van der Waals surface area contributed by atoms with E-state index in [-0.39, 0.29) is 23.9 Å². The molecule has 1 unspecified atom stereocenters. The van der Waals surface area contributed by atoms with Crippen LogP contribution < -0.4 is 5.32 Å². The molecule has 0 radical (unpaired) electrons. The number of carboxylic acids is 1. The quantitative estimate of drug-likeness (QED) is 0.814. The normalized spacial score (nSPS) is 11.9. The largest absolute Gasteiger partial charge is 0.480 e. The zero-order chi connectivity index (χ0) is 15.9. The van der Waals surface area contributed by atoms with E-state index in [0.29, 0.717) is 12.2 Å². The van der Waals surface area contributed by atoms with Crippen LogP contribution in [-0.4, -0.2) is 28.2 Å². The summed E-state index contributed by atoms with van der Waals surface area (Å²) in [5.74, 6) is -0.953. The second-order valence-corrected chi connectivity index (χ2v) is 5.15. The molecule has 1 aromatic carbocycles. The average molecular weight is 323 g/mol. The van der Waals surface area contributed by atoms with Crippen LogP contribution >= 0.6 is 11.6 Å². The molecule has 0 aliphatic rings. The fourth-order valence-electron chi connectivity index (χ4n) is 1.96. The summed E-state index contributed by atoms with van der Waals surface area (Å²) < 4.78 is 4.88. The Morgan fingerprint density at radius 1 is 1.32 bits per heavy atom. The van der Waals surface area contributed by atoms with E-state index < -0.39 is 12.0 Å². The van der Waals surface area contributed by atoms with Gasteiger partial charge in [-0.3, -0.25) is 4.79 Å². The second kappa shape index (κ2) is 7.61. The van der Waals surface area contributed by atoms with Crippen LogP contribution in [0.15, 0.2) is 40.9 Å². The smallest absolute Gasteiger partial charge is 0.326 e. The highest BCUT2D eigenvalue weighted by molar-refractivity contribution is 6.29. The van der Waals surface area contributed by atoms with Crippen LogP contribution in [0.4, 0.5) is 0 Å². The zero-order valence-corrected chi connectivity index (χ0v) is 12.4. The standard InChI is InChI=1S/C15H15ClN2O4/c16-13-9-11(22-18-13)6-7-14(19)17-12(15(20)21)8-10-4-2-1-3-5-10/h1-5,9,12H,6-8H2,(H,17,19)(H,20,21). The minimum Gasteiger partial charge on any atom is -0.480 e. The third-order valence-corrected chi connectivity index (χ3v) is 3.22. The van der Waals surface area contributed by atoms with Gasteiger partial charge in [0, 0.05) is 25.3 Å². The van der Waals surface area contributed by atoms with Crippen molar-refractivity contribution >= 4 is 23.5 Å². The van der Waals surface area contributed by atoms with Gasteiger partial charge in [0.25, 0.3) is 0 Å². The van der Waals surface area contributed by atoms with E-state index in [4.69, 9.17) is 16.1 Å². The Bertz CT molecular complexity index is 642. The predicted molar refractivity (Wildman–Crippen MR) is 79.5 cm³/mol. The summed E-state index contributed by atoms with van der Waals surface area (Å²) in [7, 11) is 0. The molecule has 22 heavy (non-hydrogen) atoms. The van der Waals surface area contributed by atoms with Gasteiger partial charge in [0.05, 0.1) is 0 Å². The first-order valence-electron chi connectivity index (χ1n) is 6.72. The van der Waals surface area contributed by atoms with Crippen LogP contribution in [0.5, 0.6) is 0 Å². The molecule has 7 heteroatoms. The van der Waals surface area contributed by atoms with Gasteiger partial charge in [0.2, 0.25) is 5.91 Å². The SMILES string of the molecule is O=C(CCc1cc(Cl)no1)NC(Cc1ccccc1)C(=O)O. The maximum atomic E-state index is 11.9. The van der Waals surface area contributed by atoms with Crippen molar-refractivity contribution in [2.24, 2.45) is 0 Å². The van der Waals surface area contributed by atoms with Crippen LogP contribution in [0.2, 0.25) is 5.15 Å². The first-order valence-corrected chi connectivity index (χ1v) is 7.09. The molecule has 0 saturated carbocycles. The minimum absolute atomic E-state index is 0.101. The van der Waals surface area contributed by atoms with Gasteiger partial charge in [0.15, 0.2) is 5.15 Å². The van der Waals surface area contributed by atoms with E-state index in [9.17, 15) is 14.7 Å².